The summed E-state index contributed by atoms with van der Waals surface area (Å²) in [6, 6.07) is 6.37. The van der Waals surface area contributed by atoms with Gasteiger partial charge in [-0.05, 0) is 30.5 Å². The number of hydrogen-bond donors (Lipinski definition) is 0. The molecular formula is C10H13NO. The number of likely N-dealkylation sites (N-methyl/N-ethyl adjacent to an activating group) is 1. The molecule has 64 valence electrons. The Balaban J connectivity index is 2.37. The molecule has 0 amide bonds. The van der Waals surface area contributed by atoms with Gasteiger partial charge in [0.05, 0.1) is 0 Å². The zero-order chi connectivity index (χ0) is 8.55. The lowest BCUT2D eigenvalue weighted by Crippen LogP contribution is -2.29. The van der Waals surface area contributed by atoms with Crippen molar-refractivity contribution in [1.82, 2.24) is 5.06 Å². The minimum atomic E-state index is 0.982. The molecule has 2 heteroatoms. The smallest absolute Gasteiger partial charge is 0.150 e. The molecular weight excluding hydrogens is 150 g/mol. The van der Waals surface area contributed by atoms with Gasteiger partial charge in [-0.25, -0.2) is 0 Å². The number of nitrogens with zero attached hydrogens (tertiary/aromatic N) is 1. The predicted molar refractivity (Wildman–Crippen MR) is 48.1 cm³/mol. The molecule has 0 atom stereocenters. The van der Waals surface area contributed by atoms with Crippen LogP contribution in [-0.4, -0.2) is 18.7 Å². The van der Waals surface area contributed by atoms with Gasteiger partial charge in [-0.3, -0.25) is 0 Å². The van der Waals surface area contributed by atoms with E-state index < -0.39 is 0 Å². The van der Waals surface area contributed by atoms with Gasteiger partial charge >= 0.3 is 0 Å². The third kappa shape index (κ3) is 1.30. The second kappa shape index (κ2) is 2.79. The summed E-state index contributed by atoms with van der Waals surface area (Å²) in [5.41, 5.74) is 2.57. The standard InChI is InChI=1S/C10H13NO/c1-8-3-4-9-5-6-11(2)12-10(9)7-8/h3-4,7H,5-6H2,1-2H3. The van der Waals surface area contributed by atoms with Crippen LogP contribution >= 0.6 is 0 Å². The highest BCUT2D eigenvalue weighted by Gasteiger charge is 2.13. The lowest BCUT2D eigenvalue weighted by atomic mass is 10.1. The number of rotatable bonds is 0. The zero-order valence-electron chi connectivity index (χ0n) is 7.50. The fourth-order valence-corrected chi connectivity index (χ4v) is 1.44. The highest BCUT2D eigenvalue weighted by Crippen LogP contribution is 2.24. The van der Waals surface area contributed by atoms with E-state index >= 15 is 0 Å². The fourth-order valence-electron chi connectivity index (χ4n) is 1.44. The number of fused-ring (bicyclic) bond motifs is 1. The summed E-state index contributed by atoms with van der Waals surface area (Å²) >= 11 is 0. The van der Waals surface area contributed by atoms with Crippen molar-refractivity contribution in [3.05, 3.63) is 29.3 Å². The van der Waals surface area contributed by atoms with Crippen LogP contribution in [-0.2, 0) is 6.42 Å². The first kappa shape index (κ1) is 7.62. The molecule has 0 spiro atoms. The van der Waals surface area contributed by atoms with Crippen LogP contribution < -0.4 is 4.84 Å². The first-order chi connectivity index (χ1) is 5.75. The minimum Gasteiger partial charge on any atom is -0.406 e. The Hall–Kier alpha value is -1.02. The van der Waals surface area contributed by atoms with Gasteiger partial charge in [0.1, 0.15) is 0 Å². The maximum Gasteiger partial charge on any atom is 0.150 e. The highest BCUT2D eigenvalue weighted by molar-refractivity contribution is 5.37. The van der Waals surface area contributed by atoms with E-state index in [0.29, 0.717) is 0 Å². The van der Waals surface area contributed by atoms with Crippen LogP contribution in [0.15, 0.2) is 18.2 Å². The molecule has 1 heterocycles. The van der Waals surface area contributed by atoms with Crippen LogP contribution in [0.4, 0.5) is 0 Å². The van der Waals surface area contributed by atoms with Crippen molar-refractivity contribution >= 4 is 0 Å². The number of aryl methyl sites for hydroxylation is 1. The van der Waals surface area contributed by atoms with E-state index in [4.69, 9.17) is 4.84 Å². The van der Waals surface area contributed by atoms with Gasteiger partial charge in [0.25, 0.3) is 0 Å². The Morgan fingerprint density at radius 1 is 1.42 bits per heavy atom. The van der Waals surface area contributed by atoms with E-state index in [1.54, 1.807) is 0 Å². The van der Waals surface area contributed by atoms with Gasteiger partial charge < -0.3 is 4.84 Å². The molecule has 0 unspecified atom stereocenters. The third-order valence-electron chi connectivity index (χ3n) is 2.17. The Bertz CT molecular complexity index is 296. The van der Waals surface area contributed by atoms with Crippen molar-refractivity contribution in [3.63, 3.8) is 0 Å². The molecule has 0 fully saturated rings. The molecule has 1 aromatic rings. The summed E-state index contributed by atoms with van der Waals surface area (Å²) in [6.07, 6.45) is 1.09. The third-order valence-corrected chi connectivity index (χ3v) is 2.17. The molecule has 0 N–H and O–H groups in total. The average Bonchev–Trinajstić information content (AvgIpc) is 2.03. The summed E-state index contributed by atoms with van der Waals surface area (Å²) < 4.78 is 0. The van der Waals surface area contributed by atoms with Crippen LogP contribution in [0.5, 0.6) is 5.75 Å². The number of benzene rings is 1. The Morgan fingerprint density at radius 2 is 2.25 bits per heavy atom. The lowest BCUT2D eigenvalue weighted by Gasteiger charge is -2.25. The van der Waals surface area contributed by atoms with E-state index in [2.05, 4.69) is 25.1 Å². The molecule has 12 heavy (non-hydrogen) atoms. The van der Waals surface area contributed by atoms with E-state index in [0.717, 1.165) is 18.7 Å². The normalized spacial score (nSPS) is 16.8. The van der Waals surface area contributed by atoms with E-state index in [1.165, 1.54) is 11.1 Å². The molecule has 0 radical (unpaired) electrons. The van der Waals surface area contributed by atoms with Crippen molar-refractivity contribution < 1.29 is 4.84 Å². The quantitative estimate of drug-likeness (QED) is 0.578. The van der Waals surface area contributed by atoms with Gasteiger partial charge in [0.15, 0.2) is 5.75 Å². The average molecular weight is 163 g/mol. The van der Waals surface area contributed by atoms with Crippen LogP contribution in [0.1, 0.15) is 11.1 Å². The lowest BCUT2D eigenvalue weighted by molar-refractivity contribution is -0.0423. The first-order valence-electron chi connectivity index (χ1n) is 4.24. The van der Waals surface area contributed by atoms with E-state index in [-0.39, 0.29) is 0 Å². The summed E-state index contributed by atoms with van der Waals surface area (Å²) in [5, 5.41) is 1.88. The van der Waals surface area contributed by atoms with Crippen molar-refractivity contribution in [2.45, 2.75) is 13.3 Å². The second-order valence-electron chi connectivity index (χ2n) is 3.30. The predicted octanol–water partition coefficient (Wildman–Crippen LogP) is 1.78. The summed E-state index contributed by atoms with van der Waals surface area (Å²) in [5.74, 6) is 1.02. The fraction of sp³-hybridized carbons (Fsp3) is 0.400. The number of hydrogen-bond acceptors (Lipinski definition) is 2. The highest BCUT2D eigenvalue weighted by atomic mass is 16.7. The first-order valence-corrected chi connectivity index (χ1v) is 4.24. The van der Waals surface area contributed by atoms with Crippen LogP contribution in [0.25, 0.3) is 0 Å². The van der Waals surface area contributed by atoms with E-state index in [9.17, 15) is 0 Å². The molecule has 0 aliphatic carbocycles. The Kier molecular flexibility index (Phi) is 1.77. The summed E-state index contributed by atoms with van der Waals surface area (Å²) in [4.78, 5) is 5.55. The Labute approximate surface area is 72.7 Å². The van der Waals surface area contributed by atoms with Gasteiger partial charge in [0, 0.05) is 13.6 Å². The van der Waals surface area contributed by atoms with Crippen molar-refractivity contribution in [3.8, 4) is 5.75 Å². The molecule has 0 saturated heterocycles. The Morgan fingerprint density at radius 3 is 3.08 bits per heavy atom. The summed E-state index contributed by atoms with van der Waals surface area (Å²) in [6.45, 7) is 3.06. The van der Waals surface area contributed by atoms with Gasteiger partial charge in [-0.2, -0.15) is 0 Å². The molecule has 0 saturated carbocycles. The molecule has 0 aromatic heterocycles. The van der Waals surface area contributed by atoms with Gasteiger partial charge in [-0.1, -0.05) is 12.1 Å². The van der Waals surface area contributed by atoms with Gasteiger partial charge in [-0.15, -0.1) is 5.06 Å². The van der Waals surface area contributed by atoms with Crippen molar-refractivity contribution in [2.24, 2.45) is 0 Å². The SMILES string of the molecule is Cc1ccc2c(c1)ON(C)CC2. The zero-order valence-corrected chi connectivity index (χ0v) is 7.50. The largest absolute Gasteiger partial charge is 0.406 e. The maximum atomic E-state index is 5.55. The molecule has 1 aliphatic heterocycles. The van der Waals surface area contributed by atoms with Crippen molar-refractivity contribution in [2.75, 3.05) is 13.6 Å². The second-order valence-corrected chi connectivity index (χ2v) is 3.30. The maximum absolute atomic E-state index is 5.55. The van der Waals surface area contributed by atoms with Crippen LogP contribution in [0.2, 0.25) is 0 Å². The molecule has 1 aliphatic rings. The van der Waals surface area contributed by atoms with Gasteiger partial charge in [0.2, 0.25) is 0 Å². The summed E-state index contributed by atoms with van der Waals surface area (Å²) in [7, 11) is 1.96. The molecule has 2 nitrogen and oxygen atoms in total. The van der Waals surface area contributed by atoms with E-state index in [1.807, 2.05) is 12.1 Å². The molecule has 1 aromatic carbocycles. The van der Waals surface area contributed by atoms with Crippen LogP contribution in [0, 0.1) is 6.92 Å². The van der Waals surface area contributed by atoms with Crippen LogP contribution in [0.3, 0.4) is 0 Å². The monoisotopic (exact) mass is 163 g/mol. The molecule has 0 bridgehead atoms. The molecule has 2 rings (SSSR count). The topological polar surface area (TPSA) is 12.5 Å². The van der Waals surface area contributed by atoms with Crippen molar-refractivity contribution in [1.29, 1.82) is 0 Å². The minimum absolute atomic E-state index is 0.982. The number of hydroxylamine groups is 2.